The molecule has 0 aromatic heterocycles. The van der Waals surface area contributed by atoms with E-state index in [1.165, 1.54) is 0 Å². The first-order chi connectivity index (χ1) is 10.5. The number of nitrogens with zero attached hydrogens (tertiary/aromatic N) is 1. The Morgan fingerprint density at radius 2 is 2.00 bits per heavy atom. The van der Waals surface area contributed by atoms with Crippen molar-refractivity contribution in [2.45, 2.75) is 24.7 Å². The monoisotopic (exact) mass is 350 g/mol. The van der Waals surface area contributed by atoms with Crippen molar-refractivity contribution in [1.82, 2.24) is 4.90 Å². The molecule has 1 fully saturated rings. The Bertz CT molecular complexity index is 670. The van der Waals surface area contributed by atoms with E-state index >= 15 is 0 Å². The molecule has 2 unspecified atom stereocenters. The highest BCUT2D eigenvalue weighted by Gasteiger charge is 2.53. The summed E-state index contributed by atoms with van der Waals surface area (Å²) in [5, 5.41) is 30.5. The van der Waals surface area contributed by atoms with Crippen molar-refractivity contribution < 1.29 is 33.7 Å². The number of nitrogens with one attached hydrogen (secondary N) is 1. The van der Waals surface area contributed by atoms with Crippen molar-refractivity contribution in [2.75, 3.05) is 11.9 Å². The number of β-amino-alcohol motifs (C(OH)–C–C–N with tert-alkyl or cyclic N) is 1. The second-order valence-electron chi connectivity index (χ2n) is 5.39. The van der Waals surface area contributed by atoms with E-state index in [1.54, 1.807) is 0 Å². The lowest BCUT2D eigenvalue weighted by molar-refractivity contribution is -0.124. The summed E-state index contributed by atoms with van der Waals surface area (Å²) < 4.78 is 26.7. The van der Waals surface area contributed by atoms with Gasteiger partial charge in [-0.1, -0.05) is 11.6 Å². The van der Waals surface area contributed by atoms with Gasteiger partial charge in [0.2, 0.25) is 5.91 Å². The number of halogens is 3. The molecule has 1 aromatic rings. The summed E-state index contributed by atoms with van der Waals surface area (Å²) in [6.45, 7) is 0.657. The Morgan fingerprint density at radius 1 is 1.39 bits per heavy atom. The van der Waals surface area contributed by atoms with Crippen molar-refractivity contribution in [3.8, 4) is 0 Å². The van der Waals surface area contributed by atoms with E-state index in [0.29, 0.717) is 11.0 Å². The molecule has 1 aliphatic rings. The first-order valence-corrected chi connectivity index (χ1v) is 6.78. The molecule has 2 rings (SSSR count). The molecule has 10 heteroatoms. The number of carbonyl (C=O) groups is 2. The average Bonchev–Trinajstić information content (AvgIpc) is 2.67. The number of anilines is 1. The molecule has 0 radical (unpaired) electrons. The zero-order valence-corrected chi connectivity index (χ0v) is 12.5. The molecule has 0 spiro atoms. The molecule has 2 amide bonds. The highest BCUT2D eigenvalue weighted by molar-refractivity contribution is 6.31. The molecule has 0 aliphatic carbocycles. The number of carboxylic acid groups (broad SMARTS) is 1. The van der Waals surface area contributed by atoms with Crippen LogP contribution in [0.4, 0.5) is 19.3 Å². The highest BCUT2D eigenvalue weighted by atomic mass is 35.5. The van der Waals surface area contributed by atoms with Crippen molar-refractivity contribution in [1.29, 1.82) is 0 Å². The standard InChI is InChI=1S/C13H13ClF2N2O5/c1-13(23)4-18(12(21)22)9(10(13)19)11(20)17-8-2-5(14)6(15)3-7(8)16/h2-3,9-10,19,23H,4H2,1H3,(H,17,20)(H,21,22)/t9-,10?,13?/m0/s1. The Morgan fingerprint density at radius 3 is 2.57 bits per heavy atom. The number of likely N-dealkylation sites (tertiary alicyclic amines) is 1. The van der Waals surface area contributed by atoms with Crippen LogP contribution in [0, 0.1) is 11.6 Å². The number of aliphatic hydroxyl groups excluding tert-OH is 1. The molecule has 126 valence electrons. The summed E-state index contributed by atoms with van der Waals surface area (Å²) in [6.07, 6.45) is -3.27. The van der Waals surface area contributed by atoms with Crippen molar-refractivity contribution in [2.24, 2.45) is 0 Å². The lowest BCUT2D eigenvalue weighted by Gasteiger charge is -2.23. The maximum atomic E-state index is 13.6. The molecular weight excluding hydrogens is 338 g/mol. The molecule has 23 heavy (non-hydrogen) atoms. The number of aliphatic hydroxyl groups is 2. The molecular formula is C13H13ClF2N2O5. The molecule has 0 bridgehead atoms. The fraction of sp³-hybridized carbons (Fsp3) is 0.385. The highest BCUT2D eigenvalue weighted by Crippen LogP contribution is 2.29. The maximum absolute atomic E-state index is 13.6. The zero-order chi connectivity index (χ0) is 17.5. The summed E-state index contributed by atoms with van der Waals surface area (Å²) >= 11 is 5.50. The van der Waals surface area contributed by atoms with Gasteiger partial charge in [-0.05, 0) is 13.0 Å². The van der Waals surface area contributed by atoms with Gasteiger partial charge in [-0.3, -0.25) is 9.69 Å². The SMILES string of the molecule is CC1(O)CN(C(=O)O)[C@H](C(=O)Nc2cc(Cl)c(F)cc2F)C1O. The lowest BCUT2D eigenvalue weighted by atomic mass is 9.98. The van der Waals surface area contributed by atoms with E-state index in [9.17, 15) is 28.6 Å². The van der Waals surface area contributed by atoms with Crippen LogP contribution in [-0.2, 0) is 4.79 Å². The molecule has 4 N–H and O–H groups in total. The van der Waals surface area contributed by atoms with Gasteiger partial charge < -0.3 is 20.6 Å². The molecule has 1 heterocycles. The Labute approximate surface area is 134 Å². The van der Waals surface area contributed by atoms with Crippen LogP contribution in [0.5, 0.6) is 0 Å². The predicted octanol–water partition coefficient (Wildman–Crippen LogP) is 1.03. The third-order valence-corrected chi connectivity index (χ3v) is 3.83. The zero-order valence-electron chi connectivity index (χ0n) is 11.8. The minimum absolute atomic E-state index is 0.448. The van der Waals surface area contributed by atoms with Crippen LogP contribution >= 0.6 is 11.6 Å². The van der Waals surface area contributed by atoms with Gasteiger partial charge in [0.25, 0.3) is 0 Å². The second-order valence-corrected chi connectivity index (χ2v) is 5.80. The number of hydrogen-bond acceptors (Lipinski definition) is 4. The van der Waals surface area contributed by atoms with Gasteiger partial charge in [-0.2, -0.15) is 0 Å². The molecule has 1 saturated heterocycles. The minimum atomic E-state index is -1.85. The number of carbonyl (C=O) groups excluding carboxylic acids is 1. The summed E-state index contributed by atoms with van der Waals surface area (Å²) in [5.74, 6) is -3.24. The third-order valence-electron chi connectivity index (χ3n) is 3.54. The smallest absolute Gasteiger partial charge is 0.408 e. The normalized spacial score (nSPS) is 27.1. The van der Waals surface area contributed by atoms with Crippen molar-refractivity contribution >= 4 is 29.3 Å². The molecule has 3 atom stereocenters. The van der Waals surface area contributed by atoms with Gasteiger partial charge in [0, 0.05) is 6.07 Å². The summed E-state index contributed by atoms with van der Waals surface area (Å²) in [7, 11) is 0. The van der Waals surface area contributed by atoms with Gasteiger partial charge in [0.1, 0.15) is 29.4 Å². The van der Waals surface area contributed by atoms with Crippen LogP contribution < -0.4 is 5.32 Å². The van der Waals surface area contributed by atoms with Crippen LogP contribution in [0.15, 0.2) is 12.1 Å². The van der Waals surface area contributed by atoms with Crippen LogP contribution in [0.2, 0.25) is 5.02 Å². The summed E-state index contributed by atoms with van der Waals surface area (Å²) in [4.78, 5) is 23.9. The van der Waals surface area contributed by atoms with Crippen LogP contribution in [-0.4, -0.2) is 56.5 Å². The lowest BCUT2D eigenvalue weighted by Crippen LogP contribution is -2.49. The van der Waals surface area contributed by atoms with Gasteiger partial charge >= 0.3 is 6.09 Å². The van der Waals surface area contributed by atoms with E-state index in [4.69, 9.17) is 16.7 Å². The number of amides is 2. The van der Waals surface area contributed by atoms with Crippen LogP contribution in [0.25, 0.3) is 0 Å². The van der Waals surface area contributed by atoms with E-state index in [0.717, 1.165) is 13.0 Å². The van der Waals surface area contributed by atoms with Crippen molar-refractivity contribution in [3.63, 3.8) is 0 Å². The fourth-order valence-corrected chi connectivity index (χ4v) is 2.51. The molecule has 1 aromatic carbocycles. The topological polar surface area (TPSA) is 110 Å². The molecule has 1 aliphatic heterocycles. The first-order valence-electron chi connectivity index (χ1n) is 6.40. The third kappa shape index (κ3) is 3.21. The largest absolute Gasteiger partial charge is 0.465 e. The van der Waals surface area contributed by atoms with Gasteiger partial charge in [-0.15, -0.1) is 0 Å². The summed E-state index contributed by atoms with van der Waals surface area (Å²) in [5.41, 5.74) is -2.33. The predicted molar refractivity (Wildman–Crippen MR) is 75.1 cm³/mol. The van der Waals surface area contributed by atoms with Crippen LogP contribution in [0.3, 0.4) is 0 Å². The maximum Gasteiger partial charge on any atom is 0.408 e. The second kappa shape index (κ2) is 5.91. The first kappa shape index (κ1) is 17.4. The quantitative estimate of drug-likeness (QED) is 0.596. The Kier molecular flexibility index (Phi) is 4.47. The Balaban J connectivity index is 2.29. The number of hydrogen-bond donors (Lipinski definition) is 4. The fourth-order valence-electron chi connectivity index (χ4n) is 2.34. The van der Waals surface area contributed by atoms with E-state index in [2.05, 4.69) is 0 Å². The minimum Gasteiger partial charge on any atom is -0.465 e. The van der Waals surface area contributed by atoms with E-state index in [1.807, 2.05) is 5.32 Å². The van der Waals surface area contributed by atoms with Crippen molar-refractivity contribution in [3.05, 3.63) is 28.8 Å². The number of rotatable bonds is 2. The van der Waals surface area contributed by atoms with Gasteiger partial charge in [-0.25, -0.2) is 13.6 Å². The average molecular weight is 351 g/mol. The van der Waals surface area contributed by atoms with Gasteiger partial charge in [0.05, 0.1) is 17.3 Å². The van der Waals surface area contributed by atoms with Crippen LogP contribution in [0.1, 0.15) is 6.92 Å². The molecule has 0 saturated carbocycles. The van der Waals surface area contributed by atoms with E-state index < -0.39 is 58.6 Å². The van der Waals surface area contributed by atoms with Gasteiger partial charge in [0.15, 0.2) is 0 Å². The Hall–Kier alpha value is -1.97. The number of benzene rings is 1. The summed E-state index contributed by atoms with van der Waals surface area (Å²) in [6, 6.07) is -0.395. The molecule has 7 nitrogen and oxygen atoms in total. The van der Waals surface area contributed by atoms with E-state index in [-0.39, 0.29) is 0 Å².